The minimum atomic E-state index is -0.874. The Bertz CT molecular complexity index is 1030. The number of Topliss-reactive ketones (excluding diaryl/α,β-unsaturated/α-hetero) is 1. The summed E-state index contributed by atoms with van der Waals surface area (Å²) in [5.41, 5.74) is 0.825. The second kappa shape index (κ2) is 10.2. The van der Waals surface area contributed by atoms with E-state index in [4.69, 9.17) is 14.2 Å². The average molecular weight is 441 g/mol. The summed E-state index contributed by atoms with van der Waals surface area (Å²) in [6.45, 7) is 4.74. The molecular formula is C24H27NO7. The highest BCUT2D eigenvalue weighted by Crippen LogP contribution is 2.41. The number of methoxy groups -OCH3 is 1. The van der Waals surface area contributed by atoms with Gasteiger partial charge in [0.2, 0.25) is 0 Å². The predicted octanol–water partition coefficient (Wildman–Crippen LogP) is 3.26. The first-order valence-electron chi connectivity index (χ1n) is 10.4. The van der Waals surface area contributed by atoms with Gasteiger partial charge in [-0.2, -0.15) is 0 Å². The summed E-state index contributed by atoms with van der Waals surface area (Å²) in [4.78, 5) is 27.2. The number of hydrogen-bond acceptors (Lipinski definition) is 7. The van der Waals surface area contributed by atoms with Gasteiger partial charge < -0.3 is 29.3 Å². The fourth-order valence-electron chi connectivity index (χ4n) is 3.67. The smallest absolute Gasteiger partial charge is 0.295 e. The molecule has 2 aromatic rings. The standard InChI is InChI=1S/C24H27NO7/c1-4-31-17-8-6-7-16(13-17)22(27)20-21(25(11-12-30-3)24(29)23(20)28)15-9-10-18(26)19(14-15)32-5-2/h6-10,13-14,21,26-27H,4-5,11-12H2,1-3H3/b22-20+. The van der Waals surface area contributed by atoms with Crippen molar-refractivity contribution in [3.05, 3.63) is 59.2 Å². The van der Waals surface area contributed by atoms with Crippen molar-refractivity contribution in [1.29, 1.82) is 0 Å². The topological polar surface area (TPSA) is 106 Å². The number of ether oxygens (including phenoxy) is 3. The summed E-state index contributed by atoms with van der Waals surface area (Å²) in [5.74, 6) is -1.14. The van der Waals surface area contributed by atoms with E-state index in [-0.39, 0.29) is 36.0 Å². The SMILES string of the molecule is CCOc1cccc(/C(O)=C2\C(=O)C(=O)N(CCOC)C2c2ccc(O)c(OCC)c2)c1. The zero-order chi connectivity index (χ0) is 23.3. The summed E-state index contributed by atoms with van der Waals surface area (Å²) >= 11 is 0. The Labute approximate surface area is 186 Å². The summed E-state index contributed by atoms with van der Waals surface area (Å²) in [6, 6.07) is 10.4. The maximum atomic E-state index is 13.0. The quantitative estimate of drug-likeness (QED) is 0.350. The van der Waals surface area contributed by atoms with E-state index >= 15 is 0 Å². The number of ketones is 1. The third kappa shape index (κ3) is 4.55. The van der Waals surface area contributed by atoms with Crippen LogP contribution >= 0.6 is 0 Å². The molecule has 3 rings (SSSR count). The number of nitrogens with zero attached hydrogens (tertiary/aromatic N) is 1. The molecule has 170 valence electrons. The predicted molar refractivity (Wildman–Crippen MR) is 118 cm³/mol. The van der Waals surface area contributed by atoms with E-state index in [1.165, 1.54) is 18.1 Å². The molecule has 1 heterocycles. The van der Waals surface area contributed by atoms with Gasteiger partial charge in [0.1, 0.15) is 11.5 Å². The van der Waals surface area contributed by atoms with E-state index in [9.17, 15) is 19.8 Å². The molecule has 0 saturated carbocycles. The molecule has 0 aliphatic carbocycles. The van der Waals surface area contributed by atoms with Crippen LogP contribution in [0.4, 0.5) is 0 Å². The molecule has 1 aliphatic heterocycles. The first-order chi connectivity index (χ1) is 15.4. The molecule has 0 aromatic heterocycles. The maximum Gasteiger partial charge on any atom is 0.295 e. The van der Waals surface area contributed by atoms with Crippen LogP contribution < -0.4 is 9.47 Å². The zero-order valence-electron chi connectivity index (χ0n) is 18.3. The Kier molecular flexibility index (Phi) is 7.37. The van der Waals surface area contributed by atoms with Crippen molar-refractivity contribution in [3.63, 3.8) is 0 Å². The summed E-state index contributed by atoms with van der Waals surface area (Å²) < 4.78 is 16.1. The number of aliphatic hydroxyl groups excluding tert-OH is 1. The van der Waals surface area contributed by atoms with Gasteiger partial charge in [-0.3, -0.25) is 9.59 Å². The monoisotopic (exact) mass is 441 g/mol. The van der Waals surface area contributed by atoms with Crippen LogP contribution in [0.25, 0.3) is 5.76 Å². The van der Waals surface area contributed by atoms with Crippen LogP contribution in [0.3, 0.4) is 0 Å². The molecule has 2 aromatic carbocycles. The lowest BCUT2D eigenvalue weighted by Gasteiger charge is -2.25. The summed E-state index contributed by atoms with van der Waals surface area (Å²) in [6.07, 6.45) is 0. The molecular weight excluding hydrogens is 414 g/mol. The largest absolute Gasteiger partial charge is 0.507 e. The van der Waals surface area contributed by atoms with Gasteiger partial charge in [-0.1, -0.05) is 18.2 Å². The van der Waals surface area contributed by atoms with Crippen LogP contribution in [0.1, 0.15) is 31.0 Å². The Morgan fingerprint density at radius 1 is 1.06 bits per heavy atom. The first-order valence-corrected chi connectivity index (χ1v) is 10.4. The van der Waals surface area contributed by atoms with E-state index in [1.807, 2.05) is 6.92 Å². The molecule has 1 atom stereocenters. The van der Waals surface area contributed by atoms with E-state index in [0.29, 0.717) is 30.1 Å². The first kappa shape index (κ1) is 23.1. The molecule has 8 nitrogen and oxygen atoms in total. The number of phenols is 1. The number of amides is 1. The average Bonchev–Trinajstić information content (AvgIpc) is 3.04. The van der Waals surface area contributed by atoms with E-state index in [2.05, 4.69) is 0 Å². The van der Waals surface area contributed by atoms with E-state index in [1.54, 1.807) is 43.3 Å². The number of aliphatic hydroxyl groups is 1. The molecule has 0 spiro atoms. The molecule has 1 saturated heterocycles. The number of carbonyl (C=O) groups excluding carboxylic acids is 2. The van der Waals surface area contributed by atoms with Crippen molar-refractivity contribution in [1.82, 2.24) is 4.90 Å². The van der Waals surface area contributed by atoms with Gasteiger partial charge in [0, 0.05) is 19.2 Å². The van der Waals surface area contributed by atoms with Gasteiger partial charge in [0.25, 0.3) is 11.7 Å². The zero-order valence-corrected chi connectivity index (χ0v) is 18.3. The summed E-state index contributed by atoms with van der Waals surface area (Å²) in [7, 11) is 1.50. The number of rotatable bonds is 9. The number of hydrogen-bond donors (Lipinski definition) is 2. The second-order valence-corrected chi connectivity index (χ2v) is 7.11. The highest BCUT2D eigenvalue weighted by atomic mass is 16.5. The molecule has 0 radical (unpaired) electrons. The lowest BCUT2D eigenvalue weighted by molar-refractivity contribution is -0.140. The van der Waals surface area contributed by atoms with Crippen molar-refractivity contribution < 1.29 is 34.0 Å². The molecule has 2 N–H and O–H groups in total. The normalized spacial score (nSPS) is 17.6. The minimum Gasteiger partial charge on any atom is -0.507 e. The van der Waals surface area contributed by atoms with Gasteiger partial charge in [0.15, 0.2) is 11.5 Å². The highest BCUT2D eigenvalue weighted by molar-refractivity contribution is 6.46. The molecule has 1 unspecified atom stereocenters. The third-order valence-corrected chi connectivity index (χ3v) is 5.09. The van der Waals surface area contributed by atoms with Crippen molar-refractivity contribution in [2.24, 2.45) is 0 Å². The number of phenolic OH excluding ortho intramolecular Hbond substituents is 1. The number of aromatic hydroxyl groups is 1. The minimum absolute atomic E-state index is 0.0483. The lowest BCUT2D eigenvalue weighted by atomic mass is 9.95. The Hall–Kier alpha value is -3.52. The number of likely N-dealkylation sites (tertiary alicyclic amines) is 1. The molecule has 1 fully saturated rings. The summed E-state index contributed by atoms with van der Waals surface area (Å²) in [5, 5.41) is 21.2. The highest BCUT2D eigenvalue weighted by Gasteiger charge is 2.46. The van der Waals surface area contributed by atoms with Crippen LogP contribution in [0.15, 0.2) is 48.0 Å². The molecule has 32 heavy (non-hydrogen) atoms. The molecule has 1 amide bonds. The van der Waals surface area contributed by atoms with Crippen LogP contribution in [-0.2, 0) is 14.3 Å². The van der Waals surface area contributed by atoms with Gasteiger partial charge in [-0.05, 0) is 43.7 Å². The Morgan fingerprint density at radius 2 is 1.81 bits per heavy atom. The number of carbonyl (C=O) groups is 2. The molecule has 1 aliphatic rings. The van der Waals surface area contributed by atoms with Crippen LogP contribution in [0.2, 0.25) is 0 Å². The van der Waals surface area contributed by atoms with Gasteiger partial charge in [0.05, 0.1) is 31.4 Å². The van der Waals surface area contributed by atoms with Crippen LogP contribution in [-0.4, -0.2) is 60.3 Å². The van der Waals surface area contributed by atoms with Gasteiger partial charge >= 0.3 is 0 Å². The lowest BCUT2D eigenvalue weighted by Crippen LogP contribution is -2.32. The number of benzene rings is 2. The third-order valence-electron chi connectivity index (χ3n) is 5.09. The van der Waals surface area contributed by atoms with E-state index < -0.39 is 17.7 Å². The van der Waals surface area contributed by atoms with Crippen molar-refractivity contribution >= 4 is 17.4 Å². The Balaban J connectivity index is 2.17. The van der Waals surface area contributed by atoms with Crippen LogP contribution in [0.5, 0.6) is 17.2 Å². The van der Waals surface area contributed by atoms with Crippen molar-refractivity contribution in [2.45, 2.75) is 19.9 Å². The maximum absolute atomic E-state index is 13.0. The fraction of sp³-hybridized carbons (Fsp3) is 0.333. The molecule has 8 heteroatoms. The van der Waals surface area contributed by atoms with Crippen molar-refractivity contribution in [3.8, 4) is 17.2 Å². The van der Waals surface area contributed by atoms with Gasteiger partial charge in [-0.15, -0.1) is 0 Å². The Morgan fingerprint density at radius 3 is 2.50 bits per heavy atom. The second-order valence-electron chi connectivity index (χ2n) is 7.11. The van der Waals surface area contributed by atoms with E-state index in [0.717, 1.165) is 0 Å². The van der Waals surface area contributed by atoms with Gasteiger partial charge in [-0.25, -0.2) is 0 Å². The van der Waals surface area contributed by atoms with Crippen molar-refractivity contribution in [2.75, 3.05) is 33.5 Å². The molecule has 0 bridgehead atoms. The van der Waals surface area contributed by atoms with Crippen LogP contribution in [0, 0.1) is 0 Å². The fourth-order valence-corrected chi connectivity index (χ4v) is 3.67.